The summed E-state index contributed by atoms with van der Waals surface area (Å²) in [6, 6.07) is 8.85. The van der Waals surface area contributed by atoms with Gasteiger partial charge in [-0.15, -0.1) is 0 Å². The highest BCUT2D eigenvalue weighted by atomic mass is 35.5. The topological polar surface area (TPSA) is 50.4 Å². The number of para-hydroxylation sites is 1. The van der Waals surface area contributed by atoms with Crippen LogP contribution in [0.2, 0.25) is 5.02 Å². The molecule has 0 aliphatic rings. The third kappa shape index (κ3) is 4.79. The van der Waals surface area contributed by atoms with Crippen molar-refractivity contribution in [3.8, 4) is 5.75 Å². The molecule has 0 spiro atoms. The van der Waals surface area contributed by atoms with Crippen LogP contribution in [-0.2, 0) is 11.0 Å². The molecule has 0 bridgehead atoms. The summed E-state index contributed by atoms with van der Waals surface area (Å²) in [5.74, 6) is -0.132. The van der Waals surface area contributed by atoms with Crippen molar-refractivity contribution in [1.29, 1.82) is 0 Å². The van der Waals surface area contributed by atoms with Gasteiger partial charge in [0, 0.05) is 5.69 Å². The first-order valence-electron chi connectivity index (χ1n) is 7.29. The van der Waals surface area contributed by atoms with Crippen molar-refractivity contribution < 1.29 is 22.7 Å². The van der Waals surface area contributed by atoms with Crippen molar-refractivity contribution in [2.24, 2.45) is 0 Å². The molecule has 1 atom stereocenters. The van der Waals surface area contributed by atoms with E-state index in [0.717, 1.165) is 6.07 Å². The molecule has 0 fully saturated rings. The number of anilines is 2. The standard InChI is InChI=1S/C17H16ClF3N2O2/c1-10(22-11-7-8-15(25-2)13(18)9-11)16(24)23-14-6-4-3-5-12(14)17(19,20)21/h3-10,22H,1-2H3,(H,23,24). The molecule has 0 saturated heterocycles. The van der Waals surface area contributed by atoms with Crippen LogP contribution < -0.4 is 15.4 Å². The minimum Gasteiger partial charge on any atom is -0.495 e. The zero-order chi connectivity index (χ0) is 18.6. The molecule has 0 heterocycles. The molecule has 4 nitrogen and oxygen atoms in total. The predicted octanol–water partition coefficient (Wildman–Crippen LogP) is 4.81. The van der Waals surface area contributed by atoms with Crippen LogP contribution in [0.1, 0.15) is 12.5 Å². The molecule has 0 aliphatic heterocycles. The maximum atomic E-state index is 13.0. The third-order valence-corrected chi connectivity index (χ3v) is 3.71. The first-order valence-corrected chi connectivity index (χ1v) is 7.67. The molecular formula is C17H16ClF3N2O2. The van der Waals surface area contributed by atoms with E-state index in [0.29, 0.717) is 16.5 Å². The van der Waals surface area contributed by atoms with Gasteiger partial charge in [0.15, 0.2) is 0 Å². The minimum atomic E-state index is -4.55. The Morgan fingerprint density at radius 1 is 1.20 bits per heavy atom. The summed E-state index contributed by atoms with van der Waals surface area (Å²) < 4.78 is 43.9. The molecule has 0 aliphatic carbocycles. The Kier molecular flexibility index (Phi) is 5.79. The monoisotopic (exact) mass is 372 g/mol. The molecule has 2 N–H and O–H groups in total. The van der Waals surface area contributed by atoms with E-state index in [1.165, 1.54) is 32.2 Å². The zero-order valence-electron chi connectivity index (χ0n) is 13.4. The van der Waals surface area contributed by atoms with Crippen molar-refractivity contribution in [3.05, 3.63) is 53.1 Å². The van der Waals surface area contributed by atoms with Crippen LogP contribution in [0.3, 0.4) is 0 Å². The number of rotatable bonds is 5. The van der Waals surface area contributed by atoms with Gasteiger partial charge >= 0.3 is 6.18 Å². The lowest BCUT2D eigenvalue weighted by Crippen LogP contribution is -2.32. The predicted molar refractivity (Wildman–Crippen MR) is 91.2 cm³/mol. The molecule has 0 aromatic heterocycles. The summed E-state index contributed by atoms with van der Waals surface area (Å²) in [6.45, 7) is 1.53. The van der Waals surface area contributed by atoms with E-state index in [9.17, 15) is 18.0 Å². The Morgan fingerprint density at radius 3 is 2.48 bits per heavy atom. The number of halogens is 4. The SMILES string of the molecule is COc1ccc(NC(C)C(=O)Nc2ccccc2C(F)(F)F)cc1Cl. The van der Waals surface area contributed by atoms with Crippen molar-refractivity contribution in [2.75, 3.05) is 17.7 Å². The van der Waals surface area contributed by atoms with E-state index in [2.05, 4.69) is 10.6 Å². The molecule has 2 aromatic carbocycles. The minimum absolute atomic E-state index is 0.290. The van der Waals surface area contributed by atoms with Crippen LogP contribution in [0.4, 0.5) is 24.5 Å². The van der Waals surface area contributed by atoms with Gasteiger partial charge in [-0.25, -0.2) is 0 Å². The fourth-order valence-corrected chi connectivity index (χ4v) is 2.41. The molecular weight excluding hydrogens is 357 g/mol. The van der Waals surface area contributed by atoms with Gasteiger partial charge in [-0.3, -0.25) is 4.79 Å². The first-order chi connectivity index (χ1) is 11.7. The molecule has 25 heavy (non-hydrogen) atoms. The number of benzene rings is 2. The average molecular weight is 373 g/mol. The summed E-state index contributed by atoms with van der Waals surface area (Å²) in [5, 5.41) is 5.52. The lowest BCUT2D eigenvalue weighted by atomic mass is 10.1. The Bertz CT molecular complexity index is 766. The molecule has 1 amide bonds. The summed E-state index contributed by atoms with van der Waals surface area (Å²) in [5.41, 5.74) is -0.651. The quantitative estimate of drug-likeness (QED) is 0.792. The molecule has 2 aromatic rings. The lowest BCUT2D eigenvalue weighted by molar-refractivity contribution is -0.137. The van der Waals surface area contributed by atoms with Crippen LogP contribution in [0.5, 0.6) is 5.75 Å². The summed E-state index contributed by atoms with van der Waals surface area (Å²) in [4.78, 5) is 12.2. The second-order valence-electron chi connectivity index (χ2n) is 5.25. The molecule has 8 heteroatoms. The Morgan fingerprint density at radius 2 is 1.88 bits per heavy atom. The number of carbonyl (C=O) groups is 1. The van der Waals surface area contributed by atoms with Gasteiger partial charge in [0.2, 0.25) is 5.91 Å². The van der Waals surface area contributed by atoms with Crippen molar-refractivity contribution in [1.82, 2.24) is 0 Å². The second-order valence-corrected chi connectivity index (χ2v) is 5.66. The second kappa shape index (κ2) is 7.65. The Hall–Kier alpha value is -2.41. The summed E-state index contributed by atoms with van der Waals surface area (Å²) >= 11 is 6.00. The molecule has 2 rings (SSSR count). The summed E-state index contributed by atoms with van der Waals surface area (Å²) in [7, 11) is 1.47. The number of alkyl halides is 3. The fraction of sp³-hybridized carbons (Fsp3) is 0.235. The van der Waals surface area contributed by atoms with Gasteiger partial charge in [0.05, 0.1) is 23.4 Å². The fourth-order valence-electron chi connectivity index (χ4n) is 2.15. The molecule has 0 saturated carbocycles. The number of hydrogen-bond acceptors (Lipinski definition) is 3. The van der Waals surface area contributed by atoms with E-state index < -0.39 is 23.7 Å². The van der Waals surface area contributed by atoms with Gasteiger partial charge in [-0.05, 0) is 37.3 Å². The van der Waals surface area contributed by atoms with Gasteiger partial charge in [-0.1, -0.05) is 23.7 Å². The van der Waals surface area contributed by atoms with E-state index in [1.807, 2.05) is 0 Å². The highest BCUT2D eigenvalue weighted by Gasteiger charge is 2.33. The smallest absolute Gasteiger partial charge is 0.418 e. The molecule has 1 unspecified atom stereocenters. The van der Waals surface area contributed by atoms with Crippen molar-refractivity contribution in [3.63, 3.8) is 0 Å². The summed E-state index contributed by atoms with van der Waals surface area (Å²) in [6.07, 6.45) is -4.55. The first kappa shape index (κ1) is 18.9. The van der Waals surface area contributed by atoms with E-state index in [4.69, 9.17) is 16.3 Å². The van der Waals surface area contributed by atoms with Gasteiger partial charge < -0.3 is 15.4 Å². The average Bonchev–Trinajstić information content (AvgIpc) is 2.54. The van der Waals surface area contributed by atoms with Crippen molar-refractivity contribution >= 4 is 28.9 Å². The highest BCUT2D eigenvalue weighted by molar-refractivity contribution is 6.32. The maximum Gasteiger partial charge on any atom is 0.418 e. The number of methoxy groups -OCH3 is 1. The van der Waals surface area contributed by atoms with Crippen LogP contribution in [0, 0.1) is 0 Å². The van der Waals surface area contributed by atoms with E-state index in [1.54, 1.807) is 18.2 Å². The Balaban J connectivity index is 2.10. The van der Waals surface area contributed by atoms with Crippen LogP contribution in [-0.4, -0.2) is 19.1 Å². The van der Waals surface area contributed by atoms with Crippen LogP contribution >= 0.6 is 11.6 Å². The van der Waals surface area contributed by atoms with Crippen LogP contribution in [0.15, 0.2) is 42.5 Å². The largest absolute Gasteiger partial charge is 0.495 e. The molecule has 134 valence electrons. The number of ether oxygens (including phenoxy) is 1. The zero-order valence-corrected chi connectivity index (χ0v) is 14.2. The Labute approximate surface area is 147 Å². The number of carbonyl (C=O) groups excluding carboxylic acids is 1. The number of amides is 1. The van der Waals surface area contributed by atoms with Crippen LogP contribution in [0.25, 0.3) is 0 Å². The molecule has 0 radical (unpaired) electrons. The number of hydrogen-bond donors (Lipinski definition) is 2. The van der Waals surface area contributed by atoms with Gasteiger partial charge in [0.25, 0.3) is 0 Å². The number of nitrogens with one attached hydrogen (secondary N) is 2. The highest BCUT2D eigenvalue weighted by Crippen LogP contribution is 2.34. The van der Waals surface area contributed by atoms with E-state index >= 15 is 0 Å². The normalized spacial score (nSPS) is 12.4. The maximum absolute atomic E-state index is 13.0. The van der Waals surface area contributed by atoms with Crippen molar-refractivity contribution in [2.45, 2.75) is 19.1 Å². The lowest BCUT2D eigenvalue weighted by Gasteiger charge is -2.18. The third-order valence-electron chi connectivity index (χ3n) is 3.42. The van der Waals surface area contributed by atoms with E-state index in [-0.39, 0.29) is 5.69 Å². The van der Waals surface area contributed by atoms with Gasteiger partial charge in [0.1, 0.15) is 11.8 Å². The van der Waals surface area contributed by atoms with Gasteiger partial charge in [-0.2, -0.15) is 13.2 Å².